The van der Waals surface area contributed by atoms with E-state index in [0.717, 1.165) is 47.2 Å². The second kappa shape index (κ2) is 7.85. The zero-order chi connectivity index (χ0) is 21.5. The maximum absolute atomic E-state index is 13.5. The van der Waals surface area contributed by atoms with Gasteiger partial charge in [-0.2, -0.15) is 0 Å². The summed E-state index contributed by atoms with van der Waals surface area (Å²) >= 11 is 0. The van der Waals surface area contributed by atoms with Crippen molar-refractivity contribution in [1.82, 2.24) is 15.2 Å². The first-order chi connectivity index (χ1) is 15.1. The second-order valence-corrected chi connectivity index (χ2v) is 8.47. The number of rotatable bonds is 5. The highest BCUT2D eigenvalue weighted by Crippen LogP contribution is 2.43. The third kappa shape index (κ3) is 3.31. The number of fused-ring (bicyclic) bond motifs is 2. The molecule has 2 amide bonds. The van der Waals surface area contributed by atoms with Gasteiger partial charge >= 0.3 is 0 Å². The standard InChI is InChI=1S/C25H27N3O3/c1-15-22(20-11-5-6-12-21(20)27-15)23-18-9-3-4-10-19(18)25(30)28(23)16(2)24(29)26-14-17-8-7-13-31-17/h3-6,9-12,16-17,23,27H,7-8,13-14H2,1-2H3,(H,26,29). The van der Waals surface area contributed by atoms with Crippen LogP contribution in [0.25, 0.3) is 10.9 Å². The summed E-state index contributed by atoms with van der Waals surface area (Å²) in [5.74, 6) is -0.260. The number of hydrogen-bond acceptors (Lipinski definition) is 3. The molecule has 3 atom stereocenters. The van der Waals surface area contributed by atoms with E-state index in [0.29, 0.717) is 12.1 Å². The first kappa shape index (κ1) is 19.8. The van der Waals surface area contributed by atoms with E-state index in [1.54, 1.807) is 4.90 Å². The Morgan fingerprint density at radius 3 is 2.81 bits per heavy atom. The van der Waals surface area contributed by atoms with Crippen molar-refractivity contribution in [2.45, 2.75) is 44.9 Å². The maximum Gasteiger partial charge on any atom is 0.255 e. The Kier molecular flexibility index (Phi) is 5.02. The molecule has 1 fully saturated rings. The smallest absolute Gasteiger partial charge is 0.255 e. The van der Waals surface area contributed by atoms with Gasteiger partial charge in [-0.05, 0) is 44.4 Å². The van der Waals surface area contributed by atoms with Crippen LogP contribution in [0.5, 0.6) is 0 Å². The molecule has 0 spiro atoms. The normalized spacial score (nSPS) is 21.5. The van der Waals surface area contributed by atoms with Crippen molar-refractivity contribution in [3.05, 3.63) is 70.9 Å². The predicted octanol–water partition coefficient (Wildman–Crippen LogP) is 3.71. The van der Waals surface area contributed by atoms with Crippen LogP contribution in [0, 0.1) is 6.92 Å². The Morgan fingerprint density at radius 2 is 2.00 bits per heavy atom. The molecule has 0 radical (unpaired) electrons. The van der Waals surface area contributed by atoms with E-state index in [2.05, 4.69) is 16.4 Å². The molecule has 0 bridgehead atoms. The number of para-hydroxylation sites is 1. The van der Waals surface area contributed by atoms with Gasteiger partial charge in [-0.3, -0.25) is 9.59 Å². The van der Waals surface area contributed by atoms with Crippen molar-refractivity contribution in [3.63, 3.8) is 0 Å². The molecule has 3 aromatic rings. The van der Waals surface area contributed by atoms with Crippen LogP contribution >= 0.6 is 0 Å². The topological polar surface area (TPSA) is 74.4 Å². The summed E-state index contributed by atoms with van der Waals surface area (Å²) in [4.78, 5) is 31.7. The van der Waals surface area contributed by atoms with Crippen LogP contribution in [0.2, 0.25) is 0 Å². The molecule has 0 saturated carbocycles. The van der Waals surface area contributed by atoms with Crippen LogP contribution in [0.3, 0.4) is 0 Å². The van der Waals surface area contributed by atoms with E-state index in [1.165, 1.54) is 0 Å². The Labute approximate surface area is 181 Å². The molecular weight excluding hydrogens is 390 g/mol. The van der Waals surface area contributed by atoms with Crippen LogP contribution in [0.1, 0.15) is 53.0 Å². The molecule has 2 aliphatic rings. The molecular formula is C25H27N3O3. The number of aromatic amines is 1. The van der Waals surface area contributed by atoms with Crippen LogP contribution < -0.4 is 5.32 Å². The Morgan fingerprint density at radius 1 is 1.23 bits per heavy atom. The number of hydrogen-bond donors (Lipinski definition) is 2. The summed E-state index contributed by atoms with van der Waals surface area (Å²) in [6.45, 7) is 5.07. The molecule has 160 valence electrons. The average Bonchev–Trinajstić information content (AvgIpc) is 3.48. The fourth-order valence-corrected chi connectivity index (χ4v) is 4.97. The summed E-state index contributed by atoms with van der Waals surface area (Å²) < 4.78 is 5.62. The lowest BCUT2D eigenvalue weighted by Crippen LogP contribution is -2.48. The van der Waals surface area contributed by atoms with E-state index in [-0.39, 0.29) is 24.0 Å². The molecule has 0 aliphatic carbocycles. The molecule has 5 rings (SSSR count). The summed E-state index contributed by atoms with van der Waals surface area (Å²) in [7, 11) is 0. The van der Waals surface area contributed by atoms with Crippen LogP contribution in [0.15, 0.2) is 48.5 Å². The first-order valence-electron chi connectivity index (χ1n) is 10.9. The quantitative estimate of drug-likeness (QED) is 0.665. The highest BCUT2D eigenvalue weighted by molar-refractivity contribution is 6.03. The van der Waals surface area contributed by atoms with Gasteiger partial charge in [-0.1, -0.05) is 36.4 Å². The number of aryl methyl sites for hydroxylation is 1. The Hall–Kier alpha value is -3.12. The molecule has 2 aliphatic heterocycles. The first-order valence-corrected chi connectivity index (χ1v) is 10.9. The van der Waals surface area contributed by atoms with Gasteiger partial charge in [-0.15, -0.1) is 0 Å². The lowest BCUT2D eigenvalue weighted by molar-refractivity contribution is -0.126. The largest absolute Gasteiger partial charge is 0.376 e. The number of aromatic nitrogens is 1. The average molecular weight is 418 g/mol. The summed E-state index contributed by atoms with van der Waals surface area (Å²) in [6, 6.07) is 14.9. The minimum atomic E-state index is -0.612. The van der Waals surface area contributed by atoms with Crippen LogP contribution in [0.4, 0.5) is 0 Å². The molecule has 2 N–H and O–H groups in total. The highest BCUT2D eigenvalue weighted by Gasteiger charge is 2.43. The molecule has 6 nitrogen and oxygen atoms in total. The van der Waals surface area contributed by atoms with Crippen molar-refractivity contribution in [2.75, 3.05) is 13.2 Å². The van der Waals surface area contributed by atoms with Crippen molar-refractivity contribution >= 4 is 22.7 Å². The van der Waals surface area contributed by atoms with E-state index in [1.807, 2.05) is 56.3 Å². The fourth-order valence-electron chi connectivity index (χ4n) is 4.97. The van der Waals surface area contributed by atoms with Gasteiger partial charge in [0.15, 0.2) is 0 Å². The predicted molar refractivity (Wildman–Crippen MR) is 119 cm³/mol. The van der Waals surface area contributed by atoms with E-state index >= 15 is 0 Å². The zero-order valence-electron chi connectivity index (χ0n) is 17.9. The second-order valence-electron chi connectivity index (χ2n) is 8.47. The number of carbonyl (C=O) groups is 2. The third-order valence-electron chi connectivity index (χ3n) is 6.54. The van der Waals surface area contributed by atoms with Crippen molar-refractivity contribution < 1.29 is 14.3 Å². The van der Waals surface area contributed by atoms with Gasteiger partial charge in [0.2, 0.25) is 5.91 Å². The number of nitrogens with zero attached hydrogens (tertiary/aromatic N) is 1. The SMILES string of the molecule is Cc1[nH]c2ccccc2c1C1c2ccccc2C(=O)N1C(C)C(=O)NCC1CCCO1. The third-order valence-corrected chi connectivity index (χ3v) is 6.54. The maximum atomic E-state index is 13.5. The van der Waals surface area contributed by atoms with Gasteiger partial charge in [0.1, 0.15) is 6.04 Å². The number of ether oxygens (including phenoxy) is 1. The van der Waals surface area contributed by atoms with Gasteiger partial charge in [-0.25, -0.2) is 0 Å². The number of carbonyl (C=O) groups excluding carboxylic acids is 2. The molecule has 3 unspecified atom stereocenters. The lowest BCUT2D eigenvalue weighted by Gasteiger charge is -2.31. The molecule has 1 saturated heterocycles. The number of H-pyrrole nitrogens is 1. The number of nitrogens with one attached hydrogen (secondary N) is 2. The monoisotopic (exact) mass is 417 g/mol. The zero-order valence-corrected chi connectivity index (χ0v) is 17.9. The molecule has 1 aromatic heterocycles. The van der Waals surface area contributed by atoms with Crippen molar-refractivity contribution in [3.8, 4) is 0 Å². The minimum Gasteiger partial charge on any atom is -0.376 e. The Balaban J connectivity index is 1.53. The van der Waals surface area contributed by atoms with Crippen LogP contribution in [-0.4, -0.2) is 47.0 Å². The van der Waals surface area contributed by atoms with Crippen molar-refractivity contribution in [2.24, 2.45) is 0 Å². The van der Waals surface area contributed by atoms with Gasteiger partial charge in [0, 0.05) is 40.9 Å². The fraction of sp³-hybridized carbons (Fsp3) is 0.360. The van der Waals surface area contributed by atoms with E-state index < -0.39 is 6.04 Å². The van der Waals surface area contributed by atoms with Crippen LogP contribution in [-0.2, 0) is 9.53 Å². The minimum absolute atomic E-state index is 0.0642. The molecule has 2 aromatic carbocycles. The number of amides is 2. The summed E-state index contributed by atoms with van der Waals surface area (Å²) in [5, 5.41) is 4.08. The molecule has 31 heavy (non-hydrogen) atoms. The highest BCUT2D eigenvalue weighted by atomic mass is 16.5. The summed E-state index contributed by atoms with van der Waals surface area (Å²) in [5.41, 5.74) is 4.69. The van der Waals surface area contributed by atoms with Gasteiger partial charge in [0.25, 0.3) is 5.91 Å². The van der Waals surface area contributed by atoms with E-state index in [4.69, 9.17) is 4.74 Å². The molecule has 6 heteroatoms. The van der Waals surface area contributed by atoms with Gasteiger partial charge < -0.3 is 19.9 Å². The van der Waals surface area contributed by atoms with E-state index in [9.17, 15) is 9.59 Å². The van der Waals surface area contributed by atoms with Crippen molar-refractivity contribution in [1.29, 1.82) is 0 Å². The Bertz CT molecular complexity index is 1150. The number of benzene rings is 2. The summed E-state index contributed by atoms with van der Waals surface area (Å²) in [6.07, 6.45) is 2.05. The lowest BCUT2D eigenvalue weighted by atomic mass is 9.95. The van der Waals surface area contributed by atoms with Gasteiger partial charge in [0.05, 0.1) is 12.1 Å². The molecule has 3 heterocycles.